The van der Waals surface area contributed by atoms with E-state index in [1.807, 2.05) is 13.8 Å². The molecular weight excluding hydrogens is 164 g/mol. The minimum atomic E-state index is -0.264. The largest absolute Gasteiger partial charge is 0.390 e. The van der Waals surface area contributed by atoms with Crippen LogP contribution in [0.2, 0.25) is 0 Å². The van der Waals surface area contributed by atoms with Crippen molar-refractivity contribution in [1.82, 2.24) is 0 Å². The number of hydrogen-bond acceptors (Lipinski definition) is 2. The molecule has 1 N–H and O–H groups in total. The lowest BCUT2D eigenvalue weighted by atomic mass is 9.96. The molecule has 1 heterocycles. The van der Waals surface area contributed by atoms with Crippen LogP contribution in [0.3, 0.4) is 0 Å². The van der Waals surface area contributed by atoms with Crippen molar-refractivity contribution in [3.8, 4) is 0 Å². The number of hydrogen-bond donors (Lipinski definition) is 1. The van der Waals surface area contributed by atoms with Gasteiger partial charge in [-0.25, -0.2) is 0 Å². The Balaban J connectivity index is 2.08. The van der Waals surface area contributed by atoms with E-state index in [1.54, 1.807) is 0 Å². The van der Waals surface area contributed by atoms with Crippen LogP contribution in [0.5, 0.6) is 0 Å². The van der Waals surface area contributed by atoms with Gasteiger partial charge in [-0.2, -0.15) is 0 Å². The van der Waals surface area contributed by atoms with E-state index >= 15 is 0 Å². The van der Waals surface area contributed by atoms with Crippen molar-refractivity contribution in [3.05, 3.63) is 0 Å². The van der Waals surface area contributed by atoms with E-state index in [4.69, 9.17) is 4.74 Å². The third-order valence-electron chi connectivity index (χ3n) is 3.17. The van der Waals surface area contributed by atoms with Crippen LogP contribution < -0.4 is 0 Å². The van der Waals surface area contributed by atoms with Crippen molar-refractivity contribution in [1.29, 1.82) is 0 Å². The molecule has 0 aromatic heterocycles. The number of ether oxygens (including phenoxy) is 1. The van der Waals surface area contributed by atoms with Gasteiger partial charge >= 0.3 is 0 Å². The van der Waals surface area contributed by atoms with Gasteiger partial charge in [0.1, 0.15) is 5.60 Å². The predicted octanol–water partition coefficient (Wildman–Crippen LogP) is 2.50. The van der Waals surface area contributed by atoms with Crippen LogP contribution in [-0.2, 0) is 4.74 Å². The topological polar surface area (TPSA) is 32.8 Å². The van der Waals surface area contributed by atoms with Gasteiger partial charge in [-0.05, 0) is 20.3 Å². The van der Waals surface area contributed by atoms with Crippen molar-refractivity contribution in [2.24, 2.45) is 0 Å². The molecule has 0 aliphatic carbocycles. The highest BCUT2D eigenvalue weighted by atomic mass is 16.6. The quantitative estimate of drug-likeness (QED) is 0.510. The van der Waals surface area contributed by atoms with Gasteiger partial charge < -0.3 is 9.84 Å². The Kier molecular flexibility index (Phi) is 3.74. The van der Waals surface area contributed by atoms with Gasteiger partial charge in [0.25, 0.3) is 0 Å². The first-order chi connectivity index (χ1) is 6.11. The Bertz CT molecular complexity index is 158. The second kappa shape index (κ2) is 4.43. The maximum absolute atomic E-state index is 9.79. The molecule has 2 nitrogen and oxygen atoms in total. The summed E-state index contributed by atoms with van der Waals surface area (Å²) >= 11 is 0. The summed E-state index contributed by atoms with van der Waals surface area (Å²) in [7, 11) is 0. The van der Waals surface area contributed by atoms with Gasteiger partial charge in [-0.3, -0.25) is 0 Å². The first-order valence-electron chi connectivity index (χ1n) is 5.47. The minimum absolute atomic E-state index is 0.230. The zero-order valence-corrected chi connectivity index (χ0v) is 9.05. The molecule has 13 heavy (non-hydrogen) atoms. The smallest absolute Gasteiger partial charge is 0.117 e. The minimum Gasteiger partial charge on any atom is -0.390 e. The van der Waals surface area contributed by atoms with Crippen molar-refractivity contribution in [2.45, 2.75) is 70.7 Å². The van der Waals surface area contributed by atoms with Crippen LogP contribution in [0.4, 0.5) is 0 Å². The average molecular weight is 186 g/mol. The fourth-order valence-electron chi connectivity index (χ4n) is 1.75. The predicted molar refractivity (Wildman–Crippen MR) is 53.7 cm³/mol. The van der Waals surface area contributed by atoms with Gasteiger partial charge in [-0.1, -0.05) is 32.6 Å². The molecule has 0 radical (unpaired) electrons. The zero-order chi connectivity index (χ0) is 9.90. The van der Waals surface area contributed by atoms with Crippen molar-refractivity contribution in [3.63, 3.8) is 0 Å². The molecule has 0 bridgehead atoms. The molecule has 1 rings (SSSR count). The second-order valence-corrected chi connectivity index (χ2v) is 4.31. The molecule has 1 unspecified atom stereocenters. The van der Waals surface area contributed by atoms with Gasteiger partial charge in [0.05, 0.1) is 12.2 Å². The number of rotatable bonds is 6. The standard InChI is InChI=1S/C11H22O2/c1-4-5-6-7-8-10(12)11(3)9(2)13-11/h9-10,12H,4-8H2,1-3H3/t9-,10?,11+/m1/s1. The van der Waals surface area contributed by atoms with Crippen molar-refractivity contribution >= 4 is 0 Å². The molecule has 1 aliphatic rings. The molecule has 0 aromatic carbocycles. The van der Waals surface area contributed by atoms with E-state index in [1.165, 1.54) is 19.3 Å². The van der Waals surface area contributed by atoms with Crippen LogP contribution in [0, 0.1) is 0 Å². The summed E-state index contributed by atoms with van der Waals surface area (Å²) in [6, 6.07) is 0. The molecule has 3 atom stereocenters. The normalized spacial score (nSPS) is 34.6. The van der Waals surface area contributed by atoms with Crippen molar-refractivity contribution < 1.29 is 9.84 Å². The number of aliphatic hydroxyl groups is 1. The summed E-state index contributed by atoms with van der Waals surface area (Å²) in [5, 5.41) is 9.79. The maximum Gasteiger partial charge on any atom is 0.117 e. The number of epoxide rings is 1. The van der Waals surface area contributed by atoms with E-state index in [0.29, 0.717) is 0 Å². The fourth-order valence-corrected chi connectivity index (χ4v) is 1.75. The number of aliphatic hydroxyl groups excluding tert-OH is 1. The molecule has 2 heteroatoms. The molecule has 0 saturated carbocycles. The van der Waals surface area contributed by atoms with E-state index in [2.05, 4.69) is 6.92 Å². The average Bonchev–Trinajstić information content (AvgIpc) is 2.70. The zero-order valence-electron chi connectivity index (χ0n) is 9.05. The summed E-state index contributed by atoms with van der Waals surface area (Å²) < 4.78 is 5.37. The molecule has 0 aromatic rings. The Morgan fingerprint density at radius 2 is 2.00 bits per heavy atom. The van der Waals surface area contributed by atoms with E-state index in [9.17, 15) is 5.11 Å². The fraction of sp³-hybridized carbons (Fsp3) is 1.00. The first-order valence-corrected chi connectivity index (χ1v) is 5.47. The Morgan fingerprint density at radius 1 is 1.38 bits per heavy atom. The monoisotopic (exact) mass is 186 g/mol. The Morgan fingerprint density at radius 3 is 2.46 bits per heavy atom. The van der Waals surface area contributed by atoms with Gasteiger partial charge in [-0.15, -0.1) is 0 Å². The lowest BCUT2D eigenvalue weighted by Crippen LogP contribution is -2.28. The van der Waals surface area contributed by atoms with Crippen molar-refractivity contribution in [2.75, 3.05) is 0 Å². The summed E-state index contributed by atoms with van der Waals surface area (Å²) in [4.78, 5) is 0. The van der Waals surface area contributed by atoms with Gasteiger partial charge in [0.15, 0.2) is 0 Å². The van der Waals surface area contributed by atoms with Crippen LogP contribution >= 0.6 is 0 Å². The molecule has 1 fully saturated rings. The van der Waals surface area contributed by atoms with Crippen LogP contribution in [0.25, 0.3) is 0 Å². The molecule has 0 amide bonds. The van der Waals surface area contributed by atoms with Gasteiger partial charge in [0, 0.05) is 0 Å². The highest BCUT2D eigenvalue weighted by Crippen LogP contribution is 2.40. The highest BCUT2D eigenvalue weighted by molar-refractivity contribution is 5.01. The van der Waals surface area contributed by atoms with Crippen LogP contribution in [-0.4, -0.2) is 22.9 Å². The summed E-state index contributed by atoms with van der Waals surface area (Å²) in [6.07, 6.45) is 5.76. The number of unbranched alkanes of at least 4 members (excludes halogenated alkanes) is 3. The van der Waals surface area contributed by atoms with E-state index < -0.39 is 0 Å². The lowest BCUT2D eigenvalue weighted by Gasteiger charge is -2.14. The molecule has 1 aliphatic heterocycles. The van der Waals surface area contributed by atoms with E-state index in [-0.39, 0.29) is 17.8 Å². The highest BCUT2D eigenvalue weighted by Gasteiger charge is 2.53. The Labute approximate surface area is 81.3 Å². The molecule has 0 spiro atoms. The summed E-state index contributed by atoms with van der Waals surface area (Å²) in [5.41, 5.74) is -0.230. The Hall–Kier alpha value is -0.0800. The lowest BCUT2D eigenvalue weighted by molar-refractivity contribution is 0.0751. The molecule has 1 saturated heterocycles. The van der Waals surface area contributed by atoms with Gasteiger partial charge in [0.2, 0.25) is 0 Å². The summed E-state index contributed by atoms with van der Waals surface area (Å²) in [5.74, 6) is 0. The van der Waals surface area contributed by atoms with Crippen LogP contribution in [0.15, 0.2) is 0 Å². The maximum atomic E-state index is 9.79. The SMILES string of the molecule is CCCCCCC(O)[C@@]1(C)O[C@@H]1C. The van der Waals surface area contributed by atoms with E-state index in [0.717, 1.165) is 12.8 Å². The third kappa shape index (κ3) is 2.68. The molecule has 78 valence electrons. The second-order valence-electron chi connectivity index (χ2n) is 4.31. The third-order valence-corrected chi connectivity index (χ3v) is 3.17. The summed E-state index contributed by atoms with van der Waals surface area (Å²) in [6.45, 7) is 6.22. The molecular formula is C11H22O2. The first kappa shape index (κ1) is 11.0. The van der Waals surface area contributed by atoms with Crippen LogP contribution in [0.1, 0.15) is 52.9 Å².